The number of carbonyl (C=O) groups is 1. The number of carbonyl (C=O) groups excluding carboxylic acids is 1. The molecule has 3 N–H and O–H groups in total. The molecule has 1 aromatic rings. The topological polar surface area (TPSA) is 64.4 Å². The van der Waals surface area contributed by atoms with Gasteiger partial charge in [-0.15, -0.1) is 0 Å². The Labute approximate surface area is 149 Å². The van der Waals surface area contributed by atoms with E-state index < -0.39 is 17.8 Å². The number of nitrogens with two attached hydrogens (primary N) is 1. The molecule has 6 heteroatoms. The summed E-state index contributed by atoms with van der Waals surface area (Å²) in [7, 11) is 0. The van der Waals surface area contributed by atoms with Crippen LogP contribution in [0.1, 0.15) is 37.3 Å². The summed E-state index contributed by atoms with van der Waals surface area (Å²) >= 11 is 3.23. The number of benzene rings is 1. The van der Waals surface area contributed by atoms with E-state index in [0.717, 1.165) is 25.9 Å². The van der Waals surface area contributed by atoms with Gasteiger partial charge in [0.2, 0.25) is 5.91 Å². The Hall–Kier alpha value is -1.24. The molecule has 2 aliphatic rings. The van der Waals surface area contributed by atoms with Gasteiger partial charge in [0.25, 0.3) is 0 Å². The third-order valence-electron chi connectivity index (χ3n) is 5.16. The van der Waals surface area contributed by atoms with Gasteiger partial charge in [0, 0.05) is 22.0 Å². The second-order valence-corrected chi connectivity index (χ2v) is 7.49. The van der Waals surface area contributed by atoms with Crippen LogP contribution < -0.4 is 11.1 Å². The van der Waals surface area contributed by atoms with Crippen molar-refractivity contribution < 1.29 is 13.9 Å². The third kappa shape index (κ3) is 3.55. The van der Waals surface area contributed by atoms with Crippen LogP contribution in [-0.2, 0) is 9.53 Å². The SMILES string of the molecule is NC(=O)C(NCC1(C2=CCOCC2)CCC1)c1ccc(Br)cc1F. The molecule has 1 amide bonds. The quantitative estimate of drug-likeness (QED) is 0.725. The third-order valence-corrected chi connectivity index (χ3v) is 5.65. The fourth-order valence-corrected chi connectivity index (χ4v) is 3.95. The van der Waals surface area contributed by atoms with Crippen LogP contribution in [0.5, 0.6) is 0 Å². The van der Waals surface area contributed by atoms with Gasteiger partial charge in [0.05, 0.1) is 13.2 Å². The van der Waals surface area contributed by atoms with Gasteiger partial charge in [0.15, 0.2) is 0 Å². The molecule has 1 unspecified atom stereocenters. The highest BCUT2D eigenvalue weighted by atomic mass is 79.9. The molecule has 0 aromatic heterocycles. The van der Waals surface area contributed by atoms with E-state index in [1.54, 1.807) is 12.1 Å². The van der Waals surface area contributed by atoms with E-state index in [2.05, 4.69) is 27.3 Å². The van der Waals surface area contributed by atoms with E-state index in [1.165, 1.54) is 18.1 Å². The van der Waals surface area contributed by atoms with Crippen molar-refractivity contribution >= 4 is 21.8 Å². The molecule has 1 saturated carbocycles. The predicted molar refractivity (Wildman–Crippen MR) is 93.8 cm³/mol. The van der Waals surface area contributed by atoms with Crippen LogP contribution in [0.15, 0.2) is 34.3 Å². The Kier molecular flexibility index (Phi) is 5.37. The molecule has 1 atom stereocenters. The molecule has 1 fully saturated rings. The summed E-state index contributed by atoms with van der Waals surface area (Å²) in [6, 6.07) is 3.85. The number of primary amides is 1. The number of hydrogen-bond acceptors (Lipinski definition) is 3. The molecule has 0 radical (unpaired) electrons. The van der Waals surface area contributed by atoms with Crippen molar-refractivity contribution in [2.75, 3.05) is 19.8 Å². The lowest BCUT2D eigenvalue weighted by Crippen LogP contribution is -2.46. The second kappa shape index (κ2) is 7.33. The van der Waals surface area contributed by atoms with E-state index in [1.807, 2.05) is 0 Å². The van der Waals surface area contributed by atoms with Crippen LogP contribution >= 0.6 is 15.9 Å². The van der Waals surface area contributed by atoms with Crippen LogP contribution in [0.3, 0.4) is 0 Å². The van der Waals surface area contributed by atoms with Gasteiger partial charge in [-0.3, -0.25) is 4.79 Å². The molecule has 1 aliphatic carbocycles. The lowest BCUT2D eigenvalue weighted by atomic mass is 9.62. The van der Waals surface area contributed by atoms with Crippen LogP contribution in [-0.4, -0.2) is 25.7 Å². The summed E-state index contributed by atoms with van der Waals surface area (Å²) in [6.45, 7) is 2.02. The molecule has 4 nitrogen and oxygen atoms in total. The smallest absolute Gasteiger partial charge is 0.239 e. The zero-order chi connectivity index (χ0) is 17.2. The fourth-order valence-electron chi connectivity index (χ4n) is 3.62. The molecule has 0 bridgehead atoms. The first-order valence-corrected chi connectivity index (χ1v) is 9.06. The van der Waals surface area contributed by atoms with Crippen molar-refractivity contribution in [1.29, 1.82) is 0 Å². The van der Waals surface area contributed by atoms with Crippen molar-refractivity contribution in [2.45, 2.75) is 31.7 Å². The first-order valence-electron chi connectivity index (χ1n) is 8.27. The summed E-state index contributed by atoms with van der Waals surface area (Å²) in [5, 5.41) is 3.22. The zero-order valence-corrected chi connectivity index (χ0v) is 15.1. The first kappa shape index (κ1) is 17.6. The maximum Gasteiger partial charge on any atom is 0.239 e. The maximum absolute atomic E-state index is 14.2. The van der Waals surface area contributed by atoms with Gasteiger partial charge >= 0.3 is 0 Å². The number of amides is 1. The minimum atomic E-state index is -0.823. The Morgan fingerprint density at radius 3 is 2.79 bits per heavy atom. The Morgan fingerprint density at radius 1 is 1.46 bits per heavy atom. The van der Waals surface area contributed by atoms with Crippen LogP contribution in [0.25, 0.3) is 0 Å². The van der Waals surface area contributed by atoms with E-state index in [4.69, 9.17) is 10.5 Å². The highest BCUT2D eigenvalue weighted by Crippen LogP contribution is 2.48. The van der Waals surface area contributed by atoms with E-state index in [9.17, 15) is 9.18 Å². The first-order chi connectivity index (χ1) is 11.5. The zero-order valence-electron chi connectivity index (χ0n) is 13.5. The van der Waals surface area contributed by atoms with Crippen molar-refractivity contribution in [1.82, 2.24) is 5.32 Å². The average molecular weight is 397 g/mol. The van der Waals surface area contributed by atoms with E-state index in [-0.39, 0.29) is 5.41 Å². The monoisotopic (exact) mass is 396 g/mol. The highest BCUT2D eigenvalue weighted by Gasteiger charge is 2.41. The van der Waals surface area contributed by atoms with Gasteiger partial charge in [-0.2, -0.15) is 0 Å². The Bertz CT molecular complexity index is 658. The molecule has 0 spiro atoms. The molecule has 130 valence electrons. The predicted octanol–water partition coefficient (Wildman–Crippen LogP) is 3.22. The normalized spacial score (nSPS) is 20.8. The van der Waals surface area contributed by atoms with Gasteiger partial charge < -0.3 is 15.8 Å². The summed E-state index contributed by atoms with van der Waals surface area (Å²) < 4.78 is 20.3. The van der Waals surface area contributed by atoms with Gasteiger partial charge in [-0.1, -0.05) is 40.1 Å². The maximum atomic E-state index is 14.2. The van der Waals surface area contributed by atoms with Gasteiger partial charge in [-0.05, 0) is 31.4 Å². The fraction of sp³-hybridized carbons (Fsp3) is 0.500. The number of hydrogen-bond donors (Lipinski definition) is 2. The minimum Gasteiger partial charge on any atom is -0.377 e. The Balaban J connectivity index is 1.76. The van der Waals surface area contributed by atoms with Crippen molar-refractivity contribution in [2.24, 2.45) is 11.1 Å². The van der Waals surface area contributed by atoms with Crippen molar-refractivity contribution in [3.8, 4) is 0 Å². The summed E-state index contributed by atoms with van der Waals surface area (Å²) in [5.41, 5.74) is 7.28. The van der Waals surface area contributed by atoms with Crippen LogP contribution in [0, 0.1) is 11.2 Å². The van der Waals surface area contributed by atoms with Gasteiger partial charge in [0.1, 0.15) is 11.9 Å². The van der Waals surface area contributed by atoms with E-state index in [0.29, 0.717) is 23.2 Å². The molecule has 3 rings (SSSR count). The van der Waals surface area contributed by atoms with Crippen LogP contribution in [0.4, 0.5) is 4.39 Å². The summed E-state index contributed by atoms with van der Waals surface area (Å²) in [5.74, 6) is -1.000. The molecule has 0 saturated heterocycles. The largest absolute Gasteiger partial charge is 0.377 e. The molecule has 24 heavy (non-hydrogen) atoms. The minimum absolute atomic E-state index is 0.0588. The highest BCUT2D eigenvalue weighted by molar-refractivity contribution is 9.10. The molecule has 1 heterocycles. The Morgan fingerprint density at radius 2 is 2.25 bits per heavy atom. The number of nitrogens with one attached hydrogen (secondary N) is 1. The van der Waals surface area contributed by atoms with Gasteiger partial charge in [-0.25, -0.2) is 4.39 Å². The average Bonchev–Trinajstić information content (AvgIpc) is 2.52. The van der Waals surface area contributed by atoms with E-state index >= 15 is 0 Å². The number of rotatable bonds is 6. The number of halogens is 2. The van der Waals surface area contributed by atoms with Crippen molar-refractivity contribution in [3.63, 3.8) is 0 Å². The second-order valence-electron chi connectivity index (χ2n) is 6.57. The standard InChI is InChI=1S/C18H22BrFN2O2/c19-13-2-3-14(15(20)10-13)16(17(21)23)22-11-18(6-1-7-18)12-4-8-24-9-5-12/h2-4,10,16,22H,1,5-9,11H2,(H2,21,23). The summed E-state index contributed by atoms with van der Waals surface area (Å²) in [4.78, 5) is 11.9. The number of ether oxygens (including phenoxy) is 1. The molecule has 1 aromatic carbocycles. The lowest BCUT2D eigenvalue weighted by molar-refractivity contribution is -0.120. The molecular weight excluding hydrogens is 375 g/mol. The summed E-state index contributed by atoms with van der Waals surface area (Å²) in [6.07, 6.45) is 6.42. The molecule has 1 aliphatic heterocycles. The molecular formula is C18H22BrFN2O2. The lowest BCUT2D eigenvalue weighted by Gasteiger charge is -2.46. The van der Waals surface area contributed by atoms with Crippen LogP contribution in [0.2, 0.25) is 0 Å². The van der Waals surface area contributed by atoms with Crippen molar-refractivity contribution in [3.05, 3.63) is 45.7 Å².